The summed E-state index contributed by atoms with van der Waals surface area (Å²) in [6.45, 7) is 1.62. The van der Waals surface area contributed by atoms with E-state index < -0.39 is 21.0 Å². The van der Waals surface area contributed by atoms with Gasteiger partial charge in [-0.3, -0.25) is 10.1 Å². The average molecular weight is 287 g/mol. The molecule has 0 aliphatic heterocycles. The van der Waals surface area contributed by atoms with Gasteiger partial charge in [0, 0.05) is 18.2 Å². The second-order valence-corrected chi connectivity index (χ2v) is 5.63. The van der Waals surface area contributed by atoms with Gasteiger partial charge in [0.1, 0.15) is 0 Å². The highest BCUT2D eigenvalue weighted by Crippen LogP contribution is 2.16. The van der Waals surface area contributed by atoms with E-state index in [-0.39, 0.29) is 23.5 Å². The second-order valence-electron chi connectivity index (χ2n) is 3.91. The summed E-state index contributed by atoms with van der Waals surface area (Å²) in [7, 11) is -3.75. The zero-order valence-corrected chi connectivity index (χ0v) is 11.0. The summed E-state index contributed by atoms with van der Waals surface area (Å²) in [6.07, 6.45) is 0.287. The van der Waals surface area contributed by atoms with Gasteiger partial charge in [0.2, 0.25) is 10.0 Å². The van der Waals surface area contributed by atoms with Gasteiger partial charge in [0.15, 0.2) is 0 Å². The zero-order valence-electron chi connectivity index (χ0n) is 10.1. The van der Waals surface area contributed by atoms with Gasteiger partial charge < -0.3 is 0 Å². The molecule has 0 heterocycles. The van der Waals surface area contributed by atoms with Crippen LogP contribution in [-0.4, -0.2) is 25.9 Å². The van der Waals surface area contributed by atoms with Crippen molar-refractivity contribution in [3.05, 3.63) is 39.3 Å². The molecule has 0 spiro atoms. The number of nitroso groups, excluding NO2 is 1. The van der Waals surface area contributed by atoms with E-state index in [2.05, 4.69) is 9.90 Å². The van der Waals surface area contributed by atoms with Crippen LogP contribution in [0, 0.1) is 15.0 Å². The van der Waals surface area contributed by atoms with Crippen molar-refractivity contribution in [1.29, 1.82) is 0 Å². The molecule has 0 saturated carbocycles. The molecule has 1 aromatic rings. The van der Waals surface area contributed by atoms with E-state index in [4.69, 9.17) is 0 Å². The Morgan fingerprint density at radius 2 is 1.95 bits per heavy atom. The predicted octanol–water partition coefficient (Wildman–Crippen LogP) is 1.42. The van der Waals surface area contributed by atoms with Gasteiger partial charge in [-0.1, -0.05) is 5.18 Å². The van der Waals surface area contributed by atoms with E-state index in [1.54, 1.807) is 6.92 Å². The van der Waals surface area contributed by atoms with Gasteiger partial charge in [-0.2, -0.15) is 4.91 Å². The highest BCUT2D eigenvalue weighted by atomic mass is 32.2. The molecule has 0 radical (unpaired) electrons. The second kappa shape index (κ2) is 6.34. The fraction of sp³-hybridized carbons (Fsp3) is 0.400. The SMILES string of the molecule is C[C@H](CCN=O)NS(=O)(=O)c1ccc([N+](=O)[O-])cc1. The maximum absolute atomic E-state index is 11.9. The van der Waals surface area contributed by atoms with E-state index >= 15 is 0 Å². The predicted molar refractivity (Wildman–Crippen MR) is 68.2 cm³/mol. The number of non-ortho nitro benzene ring substituents is 1. The zero-order chi connectivity index (χ0) is 14.5. The minimum Gasteiger partial charge on any atom is -0.258 e. The van der Waals surface area contributed by atoms with Crippen LogP contribution in [0.1, 0.15) is 13.3 Å². The van der Waals surface area contributed by atoms with E-state index in [1.807, 2.05) is 0 Å². The van der Waals surface area contributed by atoms with Crippen LogP contribution in [0.15, 0.2) is 34.3 Å². The number of rotatable bonds is 7. The van der Waals surface area contributed by atoms with Gasteiger partial charge in [0.25, 0.3) is 5.69 Å². The van der Waals surface area contributed by atoms with Crippen molar-refractivity contribution in [2.24, 2.45) is 5.18 Å². The van der Waals surface area contributed by atoms with E-state index in [1.165, 1.54) is 0 Å². The Morgan fingerprint density at radius 1 is 1.37 bits per heavy atom. The molecule has 104 valence electrons. The van der Waals surface area contributed by atoms with Crippen molar-refractivity contribution in [3.63, 3.8) is 0 Å². The van der Waals surface area contributed by atoms with Crippen molar-refractivity contribution < 1.29 is 13.3 Å². The number of sulfonamides is 1. The lowest BCUT2D eigenvalue weighted by molar-refractivity contribution is -0.384. The van der Waals surface area contributed by atoms with E-state index in [9.17, 15) is 23.4 Å². The molecule has 1 aromatic carbocycles. The lowest BCUT2D eigenvalue weighted by atomic mass is 10.3. The summed E-state index contributed by atoms with van der Waals surface area (Å²) in [6, 6.07) is 4.10. The monoisotopic (exact) mass is 287 g/mol. The fourth-order valence-corrected chi connectivity index (χ4v) is 2.66. The first kappa shape index (κ1) is 15.2. The number of hydrogen-bond donors (Lipinski definition) is 1. The molecule has 0 bridgehead atoms. The highest BCUT2D eigenvalue weighted by molar-refractivity contribution is 7.89. The molecule has 0 aliphatic rings. The Hall–Kier alpha value is -1.87. The summed E-state index contributed by atoms with van der Waals surface area (Å²) in [5.74, 6) is 0. The molecule has 0 saturated heterocycles. The van der Waals surface area contributed by atoms with Crippen LogP contribution in [0.3, 0.4) is 0 Å². The third-order valence-electron chi connectivity index (χ3n) is 2.37. The third-order valence-corrected chi connectivity index (χ3v) is 3.97. The minimum absolute atomic E-state index is 0.0178. The Kier molecular flexibility index (Phi) is 5.07. The number of nitrogens with zero attached hydrogens (tertiary/aromatic N) is 2. The van der Waals surface area contributed by atoms with Crippen LogP contribution in [-0.2, 0) is 10.0 Å². The van der Waals surface area contributed by atoms with Gasteiger partial charge in [-0.15, -0.1) is 0 Å². The number of hydrogen-bond acceptors (Lipinski definition) is 6. The maximum atomic E-state index is 11.9. The van der Waals surface area contributed by atoms with Crippen molar-refractivity contribution in [2.75, 3.05) is 6.54 Å². The first-order valence-corrected chi connectivity index (χ1v) is 6.91. The molecule has 0 fully saturated rings. The van der Waals surface area contributed by atoms with Crippen LogP contribution in [0.2, 0.25) is 0 Å². The molecule has 0 amide bonds. The quantitative estimate of drug-likeness (QED) is 0.462. The molecule has 9 heteroatoms. The van der Waals surface area contributed by atoms with Gasteiger partial charge in [0.05, 0.1) is 16.4 Å². The largest absolute Gasteiger partial charge is 0.269 e. The van der Waals surface area contributed by atoms with Crippen LogP contribution in [0.4, 0.5) is 5.69 Å². The lowest BCUT2D eigenvalue weighted by Crippen LogP contribution is -2.33. The summed E-state index contributed by atoms with van der Waals surface area (Å²) in [4.78, 5) is 19.7. The van der Waals surface area contributed by atoms with Crippen molar-refractivity contribution in [1.82, 2.24) is 4.72 Å². The first-order chi connectivity index (χ1) is 8.86. The summed E-state index contributed by atoms with van der Waals surface area (Å²) < 4.78 is 26.2. The molecule has 8 nitrogen and oxygen atoms in total. The van der Waals surface area contributed by atoms with Gasteiger partial charge in [-0.25, -0.2) is 13.1 Å². The molecule has 1 atom stereocenters. The standard InChI is InChI=1S/C10H13N3O5S/c1-8(6-7-11-14)12-19(17,18)10-4-2-9(3-5-10)13(15)16/h2-5,8,12H,6-7H2,1H3/t8-/m1/s1. The Bertz CT molecular complexity index is 555. The molecule has 1 N–H and O–H groups in total. The molecule has 19 heavy (non-hydrogen) atoms. The molecule has 0 aliphatic carbocycles. The first-order valence-electron chi connectivity index (χ1n) is 5.42. The number of nitro groups is 1. The molecular weight excluding hydrogens is 274 g/mol. The topological polar surface area (TPSA) is 119 Å². The van der Waals surface area contributed by atoms with Crippen LogP contribution in [0.25, 0.3) is 0 Å². The number of nitrogens with one attached hydrogen (secondary N) is 1. The number of nitro benzene ring substituents is 1. The maximum Gasteiger partial charge on any atom is 0.269 e. The van der Waals surface area contributed by atoms with E-state index in [0.29, 0.717) is 0 Å². The van der Waals surface area contributed by atoms with E-state index in [0.717, 1.165) is 24.3 Å². The normalized spacial score (nSPS) is 12.9. The van der Waals surface area contributed by atoms with Crippen LogP contribution >= 0.6 is 0 Å². The third kappa shape index (κ3) is 4.38. The molecule has 0 unspecified atom stereocenters. The van der Waals surface area contributed by atoms with Crippen molar-refractivity contribution >= 4 is 15.7 Å². The number of benzene rings is 1. The Balaban J connectivity index is 2.82. The summed E-state index contributed by atoms with van der Waals surface area (Å²) >= 11 is 0. The van der Waals surface area contributed by atoms with Crippen LogP contribution < -0.4 is 4.72 Å². The highest BCUT2D eigenvalue weighted by Gasteiger charge is 2.18. The lowest BCUT2D eigenvalue weighted by Gasteiger charge is -2.12. The smallest absolute Gasteiger partial charge is 0.258 e. The average Bonchev–Trinajstić information content (AvgIpc) is 2.36. The molecule has 1 rings (SSSR count). The van der Waals surface area contributed by atoms with Gasteiger partial charge in [-0.05, 0) is 25.5 Å². The van der Waals surface area contributed by atoms with Gasteiger partial charge >= 0.3 is 0 Å². The van der Waals surface area contributed by atoms with Crippen LogP contribution in [0.5, 0.6) is 0 Å². The fourth-order valence-electron chi connectivity index (χ4n) is 1.39. The summed E-state index contributed by atoms with van der Waals surface area (Å²) in [5.41, 5.74) is -0.183. The Morgan fingerprint density at radius 3 is 2.42 bits per heavy atom. The van der Waals surface area contributed by atoms with Crippen molar-refractivity contribution in [2.45, 2.75) is 24.3 Å². The molecule has 0 aromatic heterocycles. The summed E-state index contributed by atoms with van der Waals surface area (Å²) in [5, 5.41) is 13.1. The minimum atomic E-state index is -3.75. The Labute approximate surface area is 110 Å². The molecular formula is C10H13N3O5S. The van der Waals surface area contributed by atoms with Crippen molar-refractivity contribution in [3.8, 4) is 0 Å².